The summed E-state index contributed by atoms with van der Waals surface area (Å²) in [6.07, 6.45) is 0. The van der Waals surface area contributed by atoms with Crippen LogP contribution in [0.1, 0.15) is 41.4 Å². The van der Waals surface area contributed by atoms with Crippen molar-refractivity contribution in [2.45, 2.75) is 9.79 Å². The SMILES string of the molecule is O=C(O)c1c(F)c(F)c(S(=O)(=O)c2c(F)c(F)c(C(=O)O)c(C(=O)O)c2F)c(F)c1C(=O)O. The van der Waals surface area contributed by atoms with Gasteiger partial charge in [0.15, 0.2) is 34.9 Å². The summed E-state index contributed by atoms with van der Waals surface area (Å²) >= 11 is 0. The Morgan fingerprint density at radius 2 is 0.667 bits per heavy atom. The van der Waals surface area contributed by atoms with E-state index in [1.54, 1.807) is 0 Å². The second-order valence-corrected chi connectivity index (χ2v) is 7.59. The Labute approximate surface area is 175 Å². The van der Waals surface area contributed by atoms with Gasteiger partial charge in [0.1, 0.15) is 32.0 Å². The van der Waals surface area contributed by atoms with Crippen LogP contribution >= 0.6 is 0 Å². The van der Waals surface area contributed by atoms with Crippen LogP contribution in [-0.4, -0.2) is 52.7 Å². The van der Waals surface area contributed by atoms with Crippen LogP contribution in [0.2, 0.25) is 0 Å². The van der Waals surface area contributed by atoms with Crippen molar-refractivity contribution in [3.8, 4) is 0 Å². The van der Waals surface area contributed by atoms with Gasteiger partial charge >= 0.3 is 23.9 Å². The van der Waals surface area contributed by atoms with E-state index in [2.05, 4.69) is 0 Å². The second kappa shape index (κ2) is 8.08. The van der Waals surface area contributed by atoms with Gasteiger partial charge in [-0.15, -0.1) is 0 Å². The van der Waals surface area contributed by atoms with E-state index in [-0.39, 0.29) is 0 Å². The molecule has 0 heterocycles. The zero-order valence-electron chi connectivity index (χ0n) is 14.9. The van der Waals surface area contributed by atoms with Gasteiger partial charge in [0, 0.05) is 0 Å². The Morgan fingerprint density at radius 1 is 0.455 bits per heavy atom. The molecule has 2 aromatic carbocycles. The average Bonchev–Trinajstić information content (AvgIpc) is 2.65. The lowest BCUT2D eigenvalue weighted by Gasteiger charge is -2.15. The predicted molar refractivity (Wildman–Crippen MR) is 85.9 cm³/mol. The molecule has 10 nitrogen and oxygen atoms in total. The summed E-state index contributed by atoms with van der Waals surface area (Å²) in [5.74, 6) is -28.0. The minimum Gasteiger partial charge on any atom is -0.478 e. The minimum absolute atomic E-state index is 2.23. The number of halogens is 6. The van der Waals surface area contributed by atoms with E-state index < -0.39 is 101 Å². The minimum atomic E-state index is -6.60. The van der Waals surface area contributed by atoms with E-state index in [4.69, 9.17) is 20.4 Å². The number of aromatic carboxylic acids is 4. The molecule has 0 unspecified atom stereocenters. The van der Waals surface area contributed by atoms with E-state index in [1.807, 2.05) is 0 Å². The molecule has 0 saturated heterocycles. The van der Waals surface area contributed by atoms with E-state index in [9.17, 15) is 53.9 Å². The second-order valence-electron chi connectivity index (χ2n) is 5.77. The lowest BCUT2D eigenvalue weighted by Crippen LogP contribution is -2.23. The van der Waals surface area contributed by atoms with Crippen molar-refractivity contribution in [2.75, 3.05) is 0 Å². The summed E-state index contributed by atoms with van der Waals surface area (Å²) in [6.45, 7) is 0. The first-order chi connectivity index (χ1) is 15.0. The van der Waals surface area contributed by atoms with E-state index >= 15 is 0 Å². The zero-order valence-corrected chi connectivity index (χ0v) is 15.7. The van der Waals surface area contributed by atoms with Crippen molar-refractivity contribution >= 4 is 33.7 Å². The molecule has 0 aromatic heterocycles. The number of benzene rings is 2. The molecule has 0 aliphatic heterocycles. The lowest BCUT2D eigenvalue weighted by molar-refractivity contribution is 0.0639. The van der Waals surface area contributed by atoms with Crippen molar-refractivity contribution in [3.63, 3.8) is 0 Å². The van der Waals surface area contributed by atoms with Gasteiger partial charge in [0.2, 0.25) is 9.84 Å². The Hall–Kier alpha value is -4.15. The van der Waals surface area contributed by atoms with Gasteiger partial charge in [-0.1, -0.05) is 0 Å². The third-order valence-electron chi connectivity index (χ3n) is 3.95. The molecule has 0 amide bonds. The molecule has 0 spiro atoms. The Morgan fingerprint density at radius 3 is 0.879 bits per heavy atom. The van der Waals surface area contributed by atoms with Crippen molar-refractivity contribution in [1.82, 2.24) is 0 Å². The molecule has 17 heteroatoms. The molecule has 176 valence electrons. The maximum absolute atomic E-state index is 14.6. The van der Waals surface area contributed by atoms with Crippen LogP contribution in [0.4, 0.5) is 26.3 Å². The van der Waals surface area contributed by atoms with Crippen molar-refractivity contribution in [1.29, 1.82) is 0 Å². The largest absolute Gasteiger partial charge is 0.478 e. The van der Waals surface area contributed by atoms with Crippen molar-refractivity contribution in [3.05, 3.63) is 57.2 Å². The maximum Gasteiger partial charge on any atom is 0.339 e. The number of carboxylic acids is 4. The molecule has 0 atom stereocenters. The van der Waals surface area contributed by atoms with E-state index in [0.717, 1.165) is 0 Å². The fraction of sp³-hybridized carbons (Fsp3) is 0. The smallest absolute Gasteiger partial charge is 0.339 e. The Balaban J connectivity index is 3.20. The molecule has 33 heavy (non-hydrogen) atoms. The van der Waals surface area contributed by atoms with Crippen LogP contribution < -0.4 is 0 Å². The van der Waals surface area contributed by atoms with Crippen LogP contribution in [0.3, 0.4) is 0 Å². The first kappa shape index (κ1) is 25.1. The van der Waals surface area contributed by atoms with Gasteiger partial charge in [-0.2, -0.15) is 0 Å². The molecule has 2 rings (SSSR count). The maximum atomic E-state index is 14.6. The summed E-state index contributed by atoms with van der Waals surface area (Å²) in [6, 6.07) is 0. The highest BCUT2D eigenvalue weighted by atomic mass is 32.2. The quantitative estimate of drug-likeness (QED) is 0.337. The summed E-state index contributed by atoms with van der Waals surface area (Å²) in [5, 5.41) is 35.4. The molecular formula is C16H4F6O10S. The molecule has 0 radical (unpaired) electrons. The molecule has 2 aromatic rings. The van der Waals surface area contributed by atoms with Gasteiger partial charge < -0.3 is 20.4 Å². The molecule has 0 aliphatic carbocycles. The van der Waals surface area contributed by atoms with Crippen molar-refractivity contribution in [2.24, 2.45) is 0 Å². The monoisotopic (exact) mass is 502 g/mol. The van der Waals surface area contributed by atoms with Crippen LogP contribution in [-0.2, 0) is 9.84 Å². The fourth-order valence-corrected chi connectivity index (χ4v) is 4.19. The topological polar surface area (TPSA) is 183 Å². The Kier molecular flexibility index (Phi) is 6.15. The summed E-state index contributed by atoms with van der Waals surface area (Å²) < 4.78 is 111. The van der Waals surface area contributed by atoms with Gasteiger partial charge in [-0.25, -0.2) is 53.9 Å². The van der Waals surface area contributed by atoms with E-state index in [1.165, 1.54) is 0 Å². The molecule has 4 N–H and O–H groups in total. The van der Waals surface area contributed by atoms with E-state index in [0.29, 0.717) is 0 Å². The third kappa shape index (κ3) is 3.60. The summed E-state index contributed by atoms with van der Waals surface area (Å²) in [4.78, 5) is 38.6. The van der Waals surface area contributed by atoms with Gasteiger partial charge in [-0.3, -0.25) is 0 Å². The molecule has 0 saturated carbocycles. The van der Waals surface area contributed by atoms with Crippen LogP contribution in [0, 0.1) is 34.9 Å². The molecular weight excluding hydrogens is 498 g/mol. The highest BCUT2D eigenvalue weighted by Gasteiger charge is 2.43. The highest BCUT2D eigenvalue weighted by molar-refractivity contribution is 7.91. The van der Waals surface area contributed by atoms with Crippen LogP contribution in [0.25, 0.3) is 0 Å². The van der Waals surface area contributed by atoms with Gasteiger partial charge in [0.05, 0.1) is 0 Å². The first-order valence-electron chi connectivity index (χ1n) is 7.59. The number of sulfone groups is 1. The summed E-state index contributed by atoms with van der Waals surface area (Å²) in [5.41, 5.74) is -9.09. The highest BCUT2D eigenvalue weighted by Crippen LogP contribution is 2.37. The number of carbonyl (C=O) groups is 4. The Bertz CT molecular complexity index is 1300. The number of hydrogen-bond acceptors (Lipinski definition) is 6. The number of rotatable bonds is 6. The summed E-state index contributed by atoms with van der Waals surface area (Å²) in [7, 11) is -6.60. The molecule has 0 bridgehead atoms. The van der Waals surface area contributed by atoms with Gasteiger partial charge in [-0.05, 0) is 0 Å². The number of carboxylic acid groups (broad SMARTS) is 4. The standard InChI is InChI=1S/C16H4F6O10S/c17-5-1(13(23)24)3(15(27)28)7(19)11(9(5)21)33(31,32)12-8(20)4(16(29)30)2(14(25)26)6(18)10(12)22/h(H,23,24)(H,25,26)(H,27,28)(H,29,30). The van der Waals surface area contributed by atoms with Crippen molar-refractivity contribution < 1.29 is 74.4 Å². The van der Waals surface area contributed by atoms with Crippen LogP contribution in [0.15, 0.2) is 9.79 Å². The number of hydrogen-bond donors (Lipinski definition) is 4. The third-order valence-corrected chi connectivity index (χ3v) is 5.75. The molecule has 0 aliphatic rings. The normalized spacial score (nSPS) is 11.3. The predicted octanol–water partition coefficient (Wildman–Crippen LogP) is 2.15. The first-order valence-corrected chi connectivity index (χ1v) is 9.07. The van der Waals surface area contributed by atoms with Crippen LogP contribution in [0.5, 0.6) is 0 Å². The lowest BCUT2D eigenvalue weighted by atomic mass is 10.1. The molecule has 0 fully saturated rings. The fourth-order valence-electron chi connectivity index (χ4n) is 2.65. The average molecular weight is 502 g/mol. The van der Waals surface area contributed by atoms with Gasteiger partial charge in [0.25, 0.3) is 0 Å². The zero-order chi connectivity index (χ0) is 25.7.